The molecule has 1 nitrogen and oxygen atoms in total. The van der Waals surface area contributed by atoms with Crippen LogP contribution in [0.25, 0.3) is 0 Å². The summed E-state index contributed by atoms with van der Waals surface area (Å²) in [5.74, 6) is 0. The Labute approximate surface area is 49.4 Å². The van der Waals surface area contributed by atoms with Gasteiger partial charge in [-0.3, -0.25) is 4.98 Å². The van der Waals surface area contributed by atoms with E-state index in [2.05, 4.69) is 11.9 Å². The van der Waals surface area contributed by atoms with Crippen molar-refractivity contribution >= 4 is 0 Å². The van der Waals surface area contributed by atoms with Gasteiger partial charge in [0.2, 0.25) is 0 Å². The fraction of sp³-hybridized carbons (Fsp3) is 0.143. The van der Waals surface area contributed by atoms with Gasteiger partial charge in [0.1, 0.15) is 0 Å². The fourth-order valence-electron chi connectivity index (χ4n) is 0.518. The molecule has 0 fully saturated rings. The van der Waals surface area contributed by atoms with Crippen molar-refractivity contribution in [3.63, 3.8) is 0 Å². The molecule has 0 aliphatic heterocycles. The predicted octanol–water partition coefficient (Wildman–Crippen LogP) is 1.57. The minimum atomic E-state index is 0.868. The van der Waals surface area contributed by atoms with Crippen molar-refractivity contribution < 1.29 is 0 Å². The van der Waals surface area contributed by atoms with Gasteiger partial charge < -0.3 is 0 Å². The van der Waals surface area contributed by atoms with Crippen LogP contribution in [0.15, 0.2) is 18.3 Å². The zero-order valence-electron chi connectivity index (χ0n) is 4.89. The average molecular weight is 106 g/mol. The summed E-state index contributed by atoms with van der Waals surface area (Å²) in [6.07, 6.45) is 1.75. The molecule has 0 spiro atoms. The highest BCUT2D eigenvalue weighted by molar-refractivity contribution is 5.19. The minimum Gasteiger partial charge on any atom is -0.261 e. The summed E-state index contributed by atoms with van der Waals surface area (Å²) in [6.45, 7) is 5.70. The number of aromatic nitrogens is 1. The first-order valence-electron chi connectivity index (χ1n) is 2.54. The Balaban J connectivity index is 3.13. The van der Waals surface area contributed by atoms with E-state index in [1.807, 2.05) is 19.1 Å². The van der Waals surface area contributed by atoms with Crippen LogP contribution < -0.4 is 0 Å². The molecular formula is C7H8N. The molecule has 1 rings (SSSR count). The monoisotopic (exact) mass is 106 g/mol. The molecule has 41 valence electrons. The Morgan fingerprint density at radius 1 is 1.62 bits per heavy atom. The van der Waals surface area contributed by atoms with Crippen molar-refractivity contribution in [3.05, 3.63) is 36.5 Å². The van der Waals surface area contributed by atoms with Gasteiger partial charge in [-0.05, 0) is 25.5 Å². The van der Waals surface area contributed by atoms with Crippen LogP contribution in [0.3, 0.4) is 0 Å². The fourth-order valence-corrected chi connectivity index (χ4v) is 0.518. The van der Waals surface area contributed by atoms with Gasteiger partial charge in [0.25, 0.3) is 0 Å². The lowest BCUT2D eigenvalue weighted by atomic mass is 10.2. The normalized spacial score (nSPS) is 9.25. The van der Waals surface area contributed by atoms with E-state index in [9.17, 15) is 0 Å². The van der Waals surface area contributed by atoms with Crippen LogP contribution in [-0.4, -0.2) is 4.98 Å². The number of nitrogens with zero attached hydrogens (tertiary/aromatic N) is 1. The molecule has 1 aromatic heterocycles. The summed E-state index contributed by atoms with van der Waals surface area (Å²) in [6, 6.07) is 3.90. The lowest BCUT2D eigenvalue weighted by molar-refractivity contribution is 1.21. The summed E-state index contributed by atoms with van der Waals surface area (Å²) in [7, 11) is 0. The van der Waals surface area contributed by atoms with E-state index < -0.39 is 0 Å². The van der Waals surface area contributed by atoms with Crippen molar-refractivity contribution in [1.82, 2.24) is 4.98 Å². The van der Waals surface area contributed by atoms with Gasteiger partial charge in [0.05, 0.1) is 0 Å². The highest BCUT2D eigenvalue weighted by atomic mass is 14.6. The Kier molecular flexibility index (Phi) is 1.29. The van der Waals surface area contributed by atoms with Crippen molar-refractivity contribution in [1.29, 1.82) is 0 Å². The van der Waals surface area contributed by atoms with E-state index in [4.69, 9.17) is 0 Å². The molecule has 0 atom stereocenters. The Hall–Kier alpha value is -0.850. The molecule has 1 heteroatoms. The highest BCUT2D eigenvalue weighted by Gasteiger charge is 1.85. The molecule has 0 aliphatic rings. The third-order valence-electron chi connectivity index (χ3n) is 1.12. The number of hydrogen-bond donors (Lipinski definition) is 0. The average Bonchev–Trinajstić information content (AvgIpc) is 1.77. The molecular weight excluding hydrogens is 98.1 g/mol. The minimum absolute atomic E-state index is 0.868. The second kappa shape index (κ2) is 1.95. The number of pyridine rings is 1. The summed E-state index contributed by atoms with van der Waals surface area (Å²) >= 11 is 0. The van der Waals surface area contributed by atoms with Crippen LogP contribution in [0.2, 0.25) is 0 Å². The zero-order chi connectivity index (χ0) is 5.98. The molecule has 0 bridgehead atoms. The maximum absolute atomic E-state index is 3.97. The number of hydrogen-bond acceptors (Lipinski definition) is 1. The van der Waals surface area contributed by atoms with Crippen LogP contribution in [0.5, 0.6) is 0 Å². The molecule has 1 radical (unpaired) electrons. The standard InChI is InChI=1S/C7H8N/c1-6-4-3-5-8-7(6)2/h3-5H,2H2,1H3. The van der Waals surface area contributed by atoms with E-state index in [1.165, 1.54) is 0 Å². The smallest absolute Gasteiger partial charge is 0.0436 e. The maximum Gasteiger partial charge on any atom is 0.0436 e. The van der Waals surface area contributed by atoms with Gasteiger partial charge in [0, 0.05) is 11.9 Å². The lowest BCUT2D eigenvalue weighted by Crippen LogP contribution is -1.81. The van der Waals surface area contributed by atoms with E-state index >= 15 is 0 Å². The molecule has 1 heterocycles. The first kappa shape index (κ1) is 5.29. The maximum atomic E-state index is 3.97. The summed E-state index contributed by atoms with van der Waals surface area (Å²) in [5, 5.41) is 0. The molecule has 0 unspecified atom stereocenters. The summed E-state index contributed by atoms with van der Waals surface area (Å²) in [4.78, 5) is 3.97. The molecule has 0 amide bonds. The lowest BCUT2D eigenvalue weighted by Gasteiger charge is -1.92. The van der Waals surface area contributed by atoms with Crippen molar-refractivity contribution in [2.75, 3.05) is 0 Å². The molecule has 0 aliphatic carbocycles. The van der Waals surface area contributed by atoms with Crippen LogP contribution in [0, 0.1) is 13.8 Å². The van der Waals surface area contributed by atoms with Crippen molar-refractivity contribution in [2.24, 2.45) is 0 Å². The van der Waals surface area contributed by atoms with E-state index in [0.717, 1.165) is 11.3 Å². The van der Waals surface area contributed by atoms with Gasteiger partial charge in [-0.25, -0.2) is 0 Å². The molecule has 0 aromatic carbocycles. The Morgan fingerprint density at radius 2 is 2.38 bits per heavy atom. The SMILES string of the molecule is [CH2]c1ncccc1C. The first-order chi connectivity index (χ1) is 3.80. The van der Waals surface area contributed by atoms with Crippen LogP contribution in [0.1, 0.15) is 11.3 Å². The topological polar surface area (TPSA) is 12.9 Å². The van der Waals surface area contributed by atoms with Crippen LogP contribution >= 0.6 is 0 Å². The third-order valence-corrected chi connectivity index (χ3v) is 1.12. The Morgan fingerprint density at radius 3 is 2.75 bits per heavy atom. The second-order valence-corrected chi connectivity index (χ2v) is 1.77. The van der Waals surface area contributed by atoms with Gasteiger partial charge in [-0.2, -0.15) is 0 Å². The molecule has 8 heavy (non-hydrogen) atoms. The van der Waals surface area contributed by atoms with Crippen LogP contribution in [-0.2, 0) is 0 Å². The van der Waals surface area contributed by atoms with E-state index in [-0.39, 0.29) is 0 Å². The van der Waals surface area contributed by atoms with Crippen molar-refractivity contribution in [2.45, 2.75) is 6.92 Å². The highest BCUT2D eigenvalue weighted by Crippen LogP contribution is 1.98. The van der Waals surface area contributed by atoms with Gasteiger partial charge >= 0.3 is 0 Å². The summed E-state index contributed by atoms with van der Waals surface area (Å²) < 4.78 is 0. The van der Waals surface area contributed by atoms with E-state index in [0.29, 0.717) is 0 Å². The first-order valence-corrected chi connectivity index (χ1v) is 2.54. The second-order valence-electron chi connectivity index (χ2n) is 1.77. The predicted molar refractivity (Wildman–Crippen MR) is 33.4 cm³/mol. The van der Waals surface area contributed by atoms with E-state index in [1.54, 1.807) is 6.20 Å². The van der Waals surface area contributed by atoms with Gasteiger partial charge in [-0.15, -0.1) is 0 Å². The van der Waals surface area contributed by atoms with Gasteiger partial charge in [-0.1, -0.05) is 6.07 Å². The number of rotatable bonds is 0. The zero-order valence-corrected chi connectivity index (χ0v) is 4.89. The number of aryl methyl sites for hydroxylation is 1. The van der Waals surface area contributed by atoms with Crippen LogP contribution in [0.4, 0.5) is 0 Å². The third kappa shape index (κ3) is 0.861. The van der Waals surface area contributed by atoms with Crippen molar-refractivity contribution in [3.8, 4) is 0 Å². The summed E-state index contributed by atoms with van der Waals surface area (Å²) in [5.41, 5.74) is 2.01. The molecule has 1 aromatic rings. The molecule has 0 saturated heterocycles. The quantitative estimate of drug-likeness (QED) is 0.489. The Bertz CT molecular complexity index is 160. The largest absolute Gasteiger partial charge is 0.261 e. The molecule has 0 N–H and O–H groups in total. The molecule has 0 saturated carbocycles. The van der Waals surface area contributed by atoms with Gasteiger partial charge in [0.15, 0.2) is 0 Å².